The number of hydrogen-bond donors (Lipinski definition) is 0. The second-order valence-corrected chi connectivity index (χ2v) is 8.78. The highest BCUT2D eigenvalue weighted by Gasteiger charge is 2.19. The number of methoxy groups -OCH3 is 2. The SMILES string of the molecule is CCC(COCCOc1ccc(Oc2c(C)cc(CC(CC)C(=O)OC)cc2C)cc1)OCCOC. The predicted molar refractivity (Wildman–Crippen MR) is 140 cm³/mol. The van der Waals surface area contributed by atoms with Gasteiger partial charge in [-0.25, -0.2) is 0 Å². The van der Waals surface area contributed by atoms with Gasteiger partial charge in [0.05, 0.1) is 45.6 Å². The Morgan fingerprint density at radius 3 is 2.11 bits per heavy atom. The van der Waals surface area contributed by atoms with Crippen LogP contribution in [-0.4, -0.2) is 59.3 Å². The highest BCUT2D eigenvalue weighted by Crippen LogP contribution is 2.31. The minimum atomic E-state index is -0.167. The van der Waals surface area contributed by atoms with E-state index in [1.54, 1.807) is 7.11 Å². The number of hydrogen-bond acceptors (Lipinski definition) is 7. The van der Waals surface area contributed by atoms with Crippen molar-refractivity contribution in [3.8, 4) is 17.2 Å². The third-order valence-corrected chi connectivity index (χ3v) is 5.97. The van der Waals surface area contributed by atoms with Gasteiger partial charge in [0.25, 0.3) is 0 Å². The summed E-state index contributed by atoms with van der Waals surface area (Å²) < 4.78 is 33.3. The van der Waals surface area contributed by atoms with Crippen LogP contribution in [0.1, 0.15) is 43.4 Å². The van der Waals surface area contributed by atoms with Gasteiger partial charge >= 0.3 is 5.97 Å². The van der Waals surface area contributed by atoms with Crippen molar-refractivity contribution in [2.24, 2.45) is 5.92 Å². The third kappa shape index (κ3) is 9.80. The molecule has 0 N–H and O–H groups in total. The molecule has 0 aliphatic heterocycles. The largest absolute Gasteiger partial charge is 0.491 e. The van der Waals surface area contributed by atoms with Crippen molar-refractivity contribution in [2.45, 2.75) is 53.1 Å². The van der Waals surface area contributed by atoms with E-state index in [-0.39, 0.29) is 18.0 Å². The molecule has 7 heteroatoms. The fraction of sp³-hybridized carbons (Fsp3) is 0.552. The van der Waals surface area contributed by atoms with Crippen LogP contribution in [0.3, 0.4) is 0 Å². The first kappa shape index (κ1) is 29.6. The smallest absolute Gasteiger partial charge is 0.308 e. The molecule has 0 fully saturated rings. The van der Waals surface area contributed by atoms with Crippen LogP contribution in [0.25, 0.3) is 0 Å². The zero-order valence-electron chi connectivity index (χ0n) is 22.6. The van der Waals surface area contributed by atoms with E-state index in [0.29, 0.717) is 39.5 Å². The zero-order valence-corrected chi connectivity index (χ0v) is 22.6. The monoisotopic (exact) mass is 502 g/mol. The number of benzene rings is 2. The topological polar surface area (TPSA) is 72.5 Å². The number of ether oxygens (including phenoxy) is 6. The van der Waals surface area contributed by atoms with Crippen molar-refractivity contribution in [1.82, 2.24) is 0 Å². The Bertz CT molecular complexity index is 887. The molecule has 0 bridgehead atoms. The molecule has 0 amide bonds. The lowest BCUT2D eigenvalue weighted by atomic mass is 9.94. The summed E-state index contributed by atoms with van der Waals surface area (Å²) >= 11 is 0. The van der Waals surface area contributed by atoms with Gasteiger partial charge in [0, 0.05) is 7.11 Å². The molecule has 0 aliphatic rings. The molecule has 0 saturated heterocycles. The van der Waals surface area contributed by atoms with E-state index in [1.165, 1.54) is 7.11 Å². The second kappa shape index (κ2) is 16.2. The Kier molecular flexibility index (Phi) is 13.3. The summed E-state index contributed by atoms with van der Waals surface area (Å²) in [5.41, 5.74) is 3.16. The number of carbonyl (C=O) groups is 1. The normalized spacial score (nSPS) is 12.7. The van der Waals surface area contributed by atoms with Crippen molar-refractivity contribution in [1.29, 1.82) is 0 Å². The average molecular weight is 503 g/mol. The minimum absolute atomic E-state index is 0.0680. The summed E-state index contributed by atoms with van der Waals surface area (Å²) in [5.74, 6) is 2.01. The van der Waals surface area contributed by atoms with E-state index in [9.17, 15) is 4.79 Å². The maximum Gasteiger partial charge on any atom is 0.308 e. The van der Waals surface area contributed by atoms with Crippen LogP contribution in [0.5, 0.6) is 17.2 Å². The maximum absolute atomic E-state index is 12.0. The fourth-order valence-electron chi connectivity index (χ4n) is 3.90. The van der Waals surface area contributed by atoms with Crippen molar-refractivity contribution < 1.29 is 33.2 Å². The first-order valence-corrected chi connectivity index (χ1v) is 12.7. The van der Waals surface area contributed by atoms with Gasteiger partial charge in [0.15, 0.2) is 0 Å². The Morgan fingerprint density at radius 2 is 1.53 bits per heavy atom. The molecule has 2 aromatic rings. The molecule has 2 atom stereocenters. The first-order valence-electron chi connectivity index (χ1n) is 12.7. The molecule has 0 heterocycles. The Balaban J connectivity index is 1.84. The average Bonchev–Trinajstić information content (AvgIpc) is 2.88. The van der Waals surface area contributed by atoms with E-state index in [2.05, 4.69) is 19.1 Å². The molecular formula is C29H42O7. The lowest BCUT2D eigenvalue weighted by molar-refractivity contribution is -0.145. The van der Waals surface area contributed by atoms with Gasteiger partial charge in [-0.3, -0.25) is 4.79 Å². The lowest BCUT2D eigenvalue weighted by Crippen LogP contribution is -2.22. The van der Waals surface area contributed by atoms with Gasteiger partial charge in [-0.1, -0.05) is 26.0 Å². The van der Waals surface area contributed by atoms with E-state index in [1.807, 2.05) is 45.0 Å². The van der Waals surface area contributed by atoms with Gasteiger partial charge in [-0.2, -0.15) is 0 Å². The second-order valence-electron chi connectivity index (χ2n) is 8.78. The van der Waals surface area contributed by atoms with E-state index < -0.39 is 0 Å². The standard InChI is InChI=1S/C29H42O7/c1-7-24(29(30)32-6)19-23-17-21(3)28(22(4)18-23)36-27-11-9-26(10-12-27)35-16-14-33-20-25(8-2)34-15-13-31-5/h9-12,17-18,24-25H,7-8,13-16,19-20H2,1-6H3. The molecule has 7 nitrogen and oxygen atoms in total. The number of carbonyl (C=O) groups excluding carboxylic acids is 1. The van der Waals surface area contributed by atoms with Crippen LogP contribution in [0.4, 0.5) is 0 Å². The highest BCUT2D eigenvalue weighted by molar-refractivity contribution is 5.72. The summed E-state index contributed by atoms with van der Waals surface area (Å²) in [6.45, 7) is 10.8. The zero-order chi connectivity index (χ0) is 26.3. The van der Waals surface area contributed by atoms with E-state index in [4.69, 9.17) is 28.4 Å². The van der Waals surface area contributed by atoms with Gasteiger partial charge < -0.3 is 28.4 Å². The quantitative estimate of drug-likeness (QED) is 0.204. The van der Waals surface area contributed by atoms with E-state index >= 15 is 0 Å². The molecule has 0 aromatic heterocycles. The number of esters is 1. The Morgan fingerprint density at radius 1 is 0.861 bits per heavy atom. The van der Waals surface area contributed by atoms with Gasteiger partial charge in [0.2, 0.25) is 0 Å². The van der Waals surface area contributed by atoms with Gasteiger partial charge in [-0.05, 0) is 74.1 Å². The maximum atomic E-state index is 12.0. The number of rotatable bonds is 17. The molecule has 0 aliphatic carbocycles. The van der Waals surface area contributed by atoms with Crippen molar-refractivity contribution in [3.63, 3.8) is 0 Å². The van der Waals surface area contributed by atoms with Crippen molar-refractivity contribution in [2.75, 3.05) is 47.3 Å². The van der Waals surface area contributed by atoms with Crippen LogP contribution in [-0.2, 0) is 30.2 Å². The summed E-state index contributed by atoms with van der Waals surface area (Å²) in [6.07, 6.45) is 2.35. The van der Waals surface area contributed by atoms with Gasteiger partial charge in [0.1, 0.15) is 23.9 Å². The fourth-order valence-corrected chi connectivity index (χ4v) is 3.90. The Hall–Kier alpha value is -2.61. The van der Waals surface area contributed by atoms with Crippen LogP contribution in [0.2, 0.25) is 0 Å². The third-order valence-electron chi connectivity index (χ3n) is 5.97. The molecule has 0 saturated carbocycles. The van der Waals surface area contributed by atoms with Crippen LogP contribution >= 0.6 is 0 Å². The molecule has 200 valence electrons. The molecular weight excluding hydrogens is 460 g/mol. The number of aryl methyl sites for hydroxylation is 2. The summed E-state index contributed by atoms with van der Waals surface area (Å²) in [5, 5.41) is 0. The molecule has 0 spiro atoms. The molecule has 2 rings (SSSR count). The molecule has 36 heavy (non-hydrogen) atoms. The van der Waals surface area contributed by atoms with Gasteiger partial charge in [-0.15, -0.1) is 0 Å². The first-order chi connectivity index (χ1) is 17.4. The van der Waals surface area contributed by atoms with Crippen LogP contribution < -0.4 is 9.47 Å². The molecule has 0 radical (unpaired) electrons. The van der Waals surface area contributed by atoms with Crippen molar-refractivity contribution in [3.05, 3.63) is 53.1 Å². The highest BCUT2D eigenvalue weighted by atomic mass is 16.6. The summed E-state index contributed by atoms with van der Waals surface area (Å²) in [6, 6.07) is 11.7. The summed E-state index contributed by atoms with van der Waals surface area (Å²) in [7, 11) is 3.10. The van der Waals surface area contributed by atoms with Crippen LogP contribution in [0, 0.1) is 19.8 Å². The molecule has 2 aromatic carbocycles. The van der Waals surface area contributed by atoms with E-state index in [0.717, 1.165) is 46.8 Å². The van der Waals surface area contributed by atoms with Crippen LogP contribution in [0.15, 0.2) is 36.4 Å². The predicted octanol–water partition coefficient (Wildman–Crippen LogP) is 5.67. The van der Waals surface area contributed by atoms with Crippen molar-refractivity contribution >= 4 is 5.97 Å². The lowest BCUT2D eigenvalue weighted by Gasteiger charge is -2.17. The minimum Gasteiger partial charge on any atom is -0.491 e. The Labute approximate surface area is 216 Å². The summed E-state index contributed by atoms with van der Waals surface area (Å²) in [4.78, 5) is 12.0. The molecule has 2 unspecified atom stereocenters.